The van der Waals surface area contributed by atoms with E-state index in [9.17, 15) is 9.59 Å². The zero-order valence-electron chi connectivity index (χ0n) is 10.9. The lowest BCUT2D eigenvalue weighted by Crippen LogP contribution is -2.34. The Hall–Kier alpha value is -1.40. The molecule has 0 unspecified atom stereocenters. The number of hydrogen-bond donors (Lipinski definition) is 2. The molecule has 5 nitrogen and oxygen atoms in total. The minimum absolute atomic E-state index is 0.129. The van der Waals surface area contributed by atoms with E-state index in [2.05, 4.69) is 15.4 Å². The standard InChI is InChI=1S/C13H18N2O3S/c1-18-13(17)12-10(6-7-19-12)15-11(16)8-14-9-4-2-3-5-9/h6-7,9,14H,2-5,8H2,1H3,(H,15,16). The fraction of sp³-hybridized carbons (Fsp3) is 0.538. The smallest absolute Gasteiger partial charge is 0.350 e. The lowest BCUT2D eigenvalue weighted by Gasteiger charge is -2.11. The van der Waals surface area contributed by atoms with Gasteiger partial charge in [-0.3, -0.25) is 4.79 Å². The van der Waals surface area contributed by atoms with E-state index in [0.717, 1.165) is 12.8 Å². The van der Waals surface area contributed by atoms with Crippen molar-refractivity contribution in [3.63, 3.8) is 0 Å². The number of esters is 1. The van der Waals surface area contributed by atoms with E-state index in [1.165, 1.54) is 31.3 Å². The van der Waals surface area contributed by atoms with Gasteiger partial charge in [-0.2, -0.15) is 0 Å². The van der Waals surface area contributed by atoms with Crippen molar-refractivity contribution in [1.82, 2.24) is 5.32 Å². The van der Waals surface area contributed by atoms with Crippen molar-refractivity contribution >= 4 is 28.9 Å². The topological polar surface area (TPSA) is 67.4 Å². The van der Waals surface area contributed by atoms with E-state index >= 15 is 0 Å². The summed E-state index contributed by atoms with van der Waals surface area (Å²) in [5.41, 5.74) is 0.523. The first-order valence-corrected chi connectivity index (χ1v) is 7.27. The first-order chi connectivity index (χ1) is 9.20. The Morgan fingerprint density at radius 2 is 2.16 bits per heavy atom. The largest absolute Gasteiger partial charge is 0.465 e. The third kappa shape index (κ3) is 3.78. The molecule has 6 heteroatoms. The second-order valence-corrected chi connectivity index (χ2v) is 5.48. The summed E-state index contributed by atoms with van der Waals surface area (Å²) in [6.07, 6.45) is 4.74. The van der Waals surface area contributed by atoms with Crippen LogP contribution in [0, 0.1) is 0 Å². The van der Waals surface area contributed by atoms with E-state index < -0.39 is 5.97 Å². The Morgan fingerprint density at radius 1 is 1.42 bits per heavy atom. The summed E-state index contributed by atoms with van der Waals surface area (Å²) in [7, 11) is 1.33. The predicted molar refractivity (Wildman–Crippen MR) is 74.5 cm³/mol. The second-order valence-electron chi connectivity index (χ2n) is 4.57. The number of carbonyl (C=O) groups excluding carboxylic acids is 2. The van der Waals surface area contributed by atoms with E-state index in [1.807, 2.05) is 0 Å². The van der Waals surface area contributed by atoms with E-state index in [4.69, 9.17) is 0 Å². The van der Waals surface area contributed by atoms with Gasteiger partial charge in [-0.1, -0.05) is 12.8 Å². The van der Waals surface area contributed by atoms with Crippen LogP contribution in [-0.4, -0.2) is 31.6 Å². The summed E-state index contributed by atoms with van der Waals surface area (Å²) in [6.45, 7) is 0.279. The third-order valence-corrected chi connectivity index (χ3v) is 4.11. The molecule has 1 saturated carbocycles. The van der Waals surface area contributed by atoms with E-state index in [0.29, 0.717) is 16.6 Å². The SMILES string of the molecule is COC(=O)c1sccc1NC(=O)CNC1CCCC1. The monoisotopic (exact) mass is 282 g/mol. The zero-order valence-corrected chi connectivity index (χ0v) is 11.7. The molecule has 2 N–H and O–H groups in total. The Labute approximate surface area is 116 Å². The molecule has 1 heterocycles. The number of hydrogen-bond acceptors (Lipinski definition) is 5. The van der Waals surface area contributed by atoms with Gasteiger partial charge in [0.2, 0.25) is 5.91 Å². The highest BCUT2D eigenvalue weighted by atomic mass is 32.1. The number of carbonyl (C=O) groups is 2. The van der Waals surface area contributed by atoms with Gasteiger partial charge in [0.15, 0.2) is 0 Å². The number of nitrogens with one attached hydrogen (secondary N) is 2. The van der Waals surface area contributed by atoms with Crippen molar-refractivity contribution in [3.05, 3.63) is 16.3 Å². The van der Waals surface area contributed by atoms with E-state index in [1.54, 1.807) is 11.4 Å². The number of amides is 1. The van der Waals surface area contributed by atoms with Crippen molar-refractivity contribution in [1.29, 1.82) is 0 Å². The van der Waals surface area contributed by atoms with Gasteiger partial charge >= 0.3 is 5.97 Å². The molecule has 0 aromatic carbocycles. The molecule has 1 aromatic heterocycles. The van der Waals surface area contributed by atoms with Gasteiger partial charge in [0.1, 0.15) is 4.88 Å². The number of anilines is 1. The van der Waals surface area contributed by atoms with Gasteiger partial charge in [-0.05, 0) is 24.3 Å². The number of thiophene rings is 1. The minimum atomic E-state index is -0.422. The van der Waals surface area contributed by atoms with Gasteiger partial charge in [-0.25, -0.2) is 4.79 Å². The Kier molecular flexibility index (Phi) is 4.93. The summed E-state index contributed by atoms with van der Waals surface area (Å²) >= 11 is 1.26. The highest BCUT2D eigenvalue weighted by Gasteiger charge is 2.17. The highest BCUT2D eigenvalue weighted by molar-refractivity contribution is 7.12. The zero-order chi connectivity index (χ0) is 13.7. The summed E-state index contributed by atoms with van der Waals surface area (Å²) in [6, 6.07) is 2.16. The molecular formula is C13H18N2O3S. The van der Waals surface area contributed by atoms with Crippen molar-refractivity contribution < 1.29 is 14.3 Å². The Bertz CT molecular complexity index is 452. The third-order valence-electron chi connectivity index (χ3n) is 3.22. The molecule has 0 bridgehead atoms. The van der Waals surface area contributed by atoms with Gasteiger partial charge < -0.3 is 15.4 Å². The van der Waals surface area contributed by atoms with Crippen LogP contribution in [0.2, 0.25) is 0 Å². The van der Waals surface area contributed by atoms with Gasteiger partial charge in [-0.15, -0.1) is 11.3 Å². The summed E-state index contributed by atoms with van der Waals surface area (Å²) < 4.78 is 4.66. The van der Waals surface area contributed by atoms with Crippen LogP contribution in [0.25, 0.3) is 0 Å². The van der Waals surface area contributed by atoms with Crippen LogP contribution in [0.5, 0.6) is 0 Å². The highest BCUT2D eigenvalue weighted by Crippen LogP contribution is 2.23. The number of rotatable bonds is 5. The maximum atomic E-state index is 11.8. The molecule has 1 aliphatic carbocycles. The molecule has 1 aliphatic rings. The minimum Gasteiger partial charge on any atom is -0.465 e. The van der Waals surface area contributed by atoms with Crippen molar-refractivity contribution in [2.24, 2.45) is 0 Å². The molecule has 0 spiro atoms. The van der Waals surface area contributed by atoms with Crippen molar-refractivity contribution in [2.45, 2.75) is 31.7 Å². The average molecular weight is 282 g/mol. The Balaban J connectivity index is 1.84. The fourth-order valence-corrected chi connectivity index (χ4v) is 2.99. The molecule has 1 aromatic rings. The van der Waals surface area contributed by atoms with Gasteiger partial charge in [0.05, 0.1) is 19.3 Å². The molecule has 0 aliphatic heterocycles. The van der Waals surface area contributed by atoms with Crippen LogP contribution in [0.1, 0.15) is 35.4 Å². The fourth-order valence-electron chi connectivity index (χ4n) is 2.22. The molecule has 19 heavy (non-hydrogen) atoms. The van der Waals surface area contributed by atoms with Crippen LogP contribution in [0.3, 0.4) is 0 Å². The first kappa shape index (κ1) is 14.0. The maximum absolute atomic E-state index is 11.8. The first-order valence-electron chi connectivity index (χ1n) is 6.39. The van der Waals surface area contributed by atoms with Crippen LogP contribution >= 0.6 is 11.3 Å². The Morgan fingerprint density at radius 3 is 2.84 bits per heavy atom. The summed E-state index contributed by atoms with van der Waals surface area (Å²) in [5, 5.41) is 7.73. The summed E-state index contributed by atoms with van der Waals surface area (Å²) in [4.78, 5) is 23.7. The lowest BCUT2D eigenvalue weighted by atomic mass is 10.2. The second kappa shape index (κ2) is 6.68. The molecule has 1 fully saturated rings. The molecule has 2 rings (SSSR count). The van der Waals surface area contributed by atoms with Gasteiger partial charge in [0, 0.05) is 6.04 Å². The van der Waals surface area contributed by atoms with Crippen LogP contribution in [-0.2, 0) is 9.53 Å². The quantitative estimate of drug-likeness (QED) is 0.811. The molecule has 1 amide bonds. The number of methoxy groups -OCH3 is 1. The summed E-state index contributed by atoms with van der Waals surface area (Å²) in [5.74, 6) is -0.551. The molecule has 104 valence electrons. The van der Waals surface area contributed by atoms with Crippen molar-refractivity contribution in [2.75, 3.05) is 19.0 Å². The molecular weight excluding hydrogens is 264 g/mol. The molecule has 0 atom stereocenters. The predicted octanol–water partition coefficient (Wildman–Crippen LogP) is 2.01. The molecule has 0 radical (unpaired) electrons. The molecule has 0 saturated heterocycles. The van der Waals surface area contributed by atoms with Crippen LogP contribution in [0.15, 0.2) is 11.4 Å². The lowest BCUT2D eigenvalue weighted by molar-refractivity contribution is -0.115. The van der Waals surface area contributed by atoms with Gasteiger partial charge in [0.25, 0.3) is 0 Å². The maximum Gasteiger partial charge on any atom is 0.350 e. The normalized spacial score (nSPS) is 15.4. The van der Waals surface area contributed by atoms with E-state index in [-0.39, 0.29) is 12.5 Å². The average Bonchev–Trinajstić information content (AvgIpc) is 3.06. The number of ether oxygens (including phenoxy) is 1. The van der Waals surface area contributed by atoms with Crippen LogP contribution < -0.4 is 10.6 Å². The van der Waals surface area contributed by atoms with Crippen molar-refractivity contribution in [3.8, 4) is 0 Å². The van der Waals surface area contributed by atoms with Crippen LogP contribution in [0.4, 0.5) is 5.69 Å².